The largest absolute Gasteiger partial charge is 0.481 e. The molecule has 0 fully saturated rings. The van der Waals surface area contributed by atoms with Crippen LogP contribution in [0.2, 0.25) is 0 Å². The van der Waals surface area contributed by atoms with Crippen LogP contribution < -0.4 is 0 Å². The molecule has 0 saturated heterocycles. The van der Waals surface area contributed by atoms with Gasteiger partial charge in [0.15, 0.2) is 0 Å². The Morgan fingerprint density at radius 3 is 0.757 bits per heavy atom. The lowest BCUT2D eigenvalue weighted by atomic mass is 10.5. The summed E-state index contributed by atoms with van der Waals surface area (Å²) in [6.45, 7) is 7.59. The van der Waals surface area contributed by atoms with E-state index in [2.05, 4.69) is 0 Å². The number of aliphatic carboxylic acids is 2. The minimum Gasteiger partial charge on any atom is -0.481 e. The molecule has 0 spiro atoms. The fraction of sp³-hybridized carbons (Fsp3) is 0.913. The molecule has 220 valence electrons. The van der Waals surface area contributed by atoms with E-state index in [1.807, 2.05) is 0 Å². The van der Waals surface area contributed by atoms with Crippen molar-refractivity contribution in [1.82, 2.24) is 0 Å². The fourth-order valence-corrected chi connectivity index (χ4v) is 2.30. The minimum absolute atomic E-state index is 0.00652. The molecule has 14 nitrogen and oxygen atoms in total. The molecule has 0 aliphatic heterocycles. The molecule has 2 N–H and O–H groups in total. The Kier molecular flexibility index (Phi) is 29.5. The summed E-state index contributed by atoms with van der Waals surface area (Å²) in [6, 6.07) is 0. The van der Waals surface area contributed by atoms with Gasteiger partial charge in [-0.05, 0) is 0 Å². The highest BCUT2D eigenvalue weighted by Gasteiger charge is 1.98. The van der Waals surface area contributed by atoms with Crippen LogP contribution in [-0.2, 0) is 57.0 Å². The molecule has 0 amide bonds. The van der Waals surface area contributed by atoms with Crippen molar-refractivity contribution < 1.29 is 67.2 Å². The normalized spacial score (nSPS) is 11.2. The average molecular weight is 545 g/mol. The van der Waals surface area contributed by atoms with Gasteiger partial charge in [-0.15, -0.1) is 0 Å². The van der Waals surface area contributed by atoms with Crippen LogP contribution in [0.25, 0.3) is 0 Å². The molecule has 0 aromatic heterocycles. The third-order valence-corrected chi connectivity index (χ3v) is 4.03. The van der Waals surface area contributed by atoms with Crippen molar-refractivity contribution >= 4 is 11.9 Å². The van der Waals surface area contributed by atoms with Gasteiger partial charge in [-0.1, -0.05) is 0 Å². The van der Waals surface area contributed by atoms with Crippen molar-refractivity contribution in [3.63, 3.8) is 0 Å². The molecule has 0 atom stereocenters. The Morgan fingerprint density at radius 2 is 0.541 bits per heavy atom. The Balaban J connectivity index is 3.03. The maximum Gasteiger partial charge on any atom is 0.329 e. The molecule has 0 saturated carbocycles. The highest BCUT2D eigenvalue weighted by molar-refractivity contribution is 5.68. The molecule has 0 rings (SSSR count). The number of carboxylic acid groups (broad SMARTS) is 2. The molecule has 0 aromatic carbocycles. The van der Waals surface area contributed by atoms with Gasteiger partial charge in [-0.2, -0.15) is 0 Å². The molecule has 37 heavy (non-hydrogen) atoms. The van der Waals surface area contributed by atoms with Crippen molar-refractivity contribution in [1.29, 1.82) is 0 Å². The highest BCUT2D eigenvalue weighted by atomic mass is 16.6. The average Bonchev–Trinajstić information content (AvgIpc) is 2.87. The van der Waals surface area contributed by atoms with Gasteiger partial charge >= 0.3 is 11.9 Å². The van der Waals surface area contributed by atoms with E-state index in [4.69, 9.17) is 57.6 Å². The summed E-state index contributed by atoms with van der Waals surface area (Å²) in [4.78, 5) is 20.5. The molecular formula is C23H44O14. The number of rotatable bonds is 32. The van der Waals surface area contributed by atoms with E-state index >= 15 is 0 Å². The number of ether oxygens (including phenoxy) is 10. The zero-order chi connectivity index (χ0) is 27.1. The van der Waals surface area contributed by atoms with Crippen LogP contribution in [0.1, 0.15) is 6.42 Å². The first kappa shape index (κ1) is 35.5. The quantitative estimate of drug-likeness (QED) is 0.106. The second-order valence-electron chi connectivity index (χ2n) is 7.10. The molecule has 0 heterocycles. The Hall–Kier alpha value is -1.46. The summed E-state index contributed by atoms with van der Waals surface area (Å²) < 4.78 is 52.7. The Morgan fingerprint density at radius 1 is 0.324 bits per heavy atom. The van der Waals surface area contributed by atoms with E-state index in [1.165, 1.54) is 0 Å². The third-order valence-electron chi connectivity index (χ3n) is 4.03. The van der Waals surface area contributed by atoms with Gasteiger partial charge in [0.05, 0.1) is 132 Å². The number of hydrogen-bond donors (Lipinski definition) is 2. The summed E-state index contributed by atoms with van der Waals surface area (Å²) in [5.41, 5.74) is 0. The van der Waals surface area contributed by atoms with E-state index in [0.717, 1.165) is 0 Å². The van der Waals surface area contributed by atoms with Crippen LogP contribution in [0.15, 0.2) is 0 Å². The van der Waals surface area contributed by atoms with Crippen molar-refractivity contribution in [3.05, 3.63) is 0 Å². The zero-order valence-corrected chi connectivity index (χ0v) is 21.6. The second-order valence-corrected chi connectivity index (χ2v) is 7.10. The first-order valence-electron chi connectivity index (χ1n) is 12.3. The minimum atomic E-state index is -1.00. The van der Waals surface area contributed by atoms with Crippen LogP contribution in [0.4, 0.5) is 0 Å². The molecule has 0 aliphatic carbocycles. The van der Waals surface area contributed by atoms with E-state index < -0.39 is 11.9 Å². The smallest absolute Gasteiger partial charge is 0.329 e. The van der Waals surface area contributed by atoms with Crippen molar-refractivity contribution in [2.45, 2.75) is 6.42 Å². The summed E-state index contributed by atoms with van der Waals surface area (Å²) in [5.74, 6) is -1.88. The molecule has 0 unspecified atom stereocenters. The van der Waals surface area contributed by atoms with Crippen LogP contribution in [0.5, 0.6) is 0 Å². The summed E-state index contributed by atoms with van der Waals surface area (Å²) in [5, 5.41) is 16.9. The van der Waals surface area contributed by atoms with Gasteiger partial charge in [-0.3, -0.25) is 4.79 Å². The fourth-order valence-electron chi connectivity index (χ4n) is 2.30. The van der Waals surface area contributed by atoms with Crippen LogP contribution >= 0.6 is 0 Å². The molecule has 0 bridgehead atoms. The van der Waals surface area contributed by atoms with E-state index in [9.17, 15) is 9.59 Å². The van der Waals surface area contributed by atoms with Crippen molar-refractivity contribution in [3.8, 4) is 0 Å². The van der Waals surface area contributed by atoms with Gasteiger partial charge in [0, 0.05) is 0 Å². The lowest BCUT2D eigenvalue weighted by Crippen LogP contribution is -2.15. The number of hydrogen-bond acceptors (Lipinski definition) is 12. The molecule has 14 heteroatoms. The molecule has 0 radical (unpaired) electrons. The van der Waals surface area contributed by atoms with Crippen molar-refractivity contribution in [2.24, 2.45) is 0 Å². The molecular weight excluding hydrogens is 500 g/mol. The summed E-state index contributed by atoms with van der Waals surface area (Å²) >= 11 is 0. The van der Waals surface area contributed by atoms with Crippen molar-refractivity contribution in [2.75, 3.05) is 132 Å². The predicted octanol–water partition coefficient (Wildman–Crippen LogP) is -0.288. The van der Waals surface area contributed by atoms with E-state index in [-0.39, 0.29) is 26.2 Å². The maximum absolute atomic E-state index is 10.3. The lowest BCUT2D eigenvalue weighted by Gasteiger charge is -2.09. The summed E-state index contributed by atoms with van der Waals surface area (Å²) in [7, 11) is 0. The van der Waals surface area contributed by atoms with Crippen LogP contribution in [-0.4, -0.2) is 154 Å². The zero-order valence-electron chi connectivity index (χ0n) is 21.6. The first-order chi connectivity index (χ1) is 18.1. The number of carbonyl (C=O) groups is 2. The Bertz CT molecular complexity index is 452. The predicted molar refractivity (Wildman–Crippen MR) is 128 cm³/mol. The second kappa shape index (κ2) is 30.8. The van der Waals surface area contributed by atoms with Gasteiger partial charge in [0.2, 0.25) is 0 Å². The van der Waals surface area contributed by atoms with E-state index in [1.54, 1.807) is 0 Å². The van der Waals surface area contributed by atoms with Gasteiger partial charge in [-0.25, -0.2) is 4.79 Å². The maximum atomic E-state index is 10.3. The third kappa shape index (κ3) is 34.5. The van der Waals surface area contributed by atoms with Gasteiger partial charge < -0.3 is 57.6 Å². The summed E-state index contributed by atoms with van der Waals surface area (Å²) in [6.07, 6.45) is -0.00652. The number of carboxylic acids is 2. The topological polar surface area (TPSA) is 167 Å². The standard InChI is InChI=1S/C23H44O14/c24-22(25)1-2-28-3-4-29-5-6-30-7-8-31-9-10-32-11-12-33-13-14-34-15-16-35-17-18-36-19-20-37-21-23(26)27/h1-21H2,(H,24,25)(H,26,27). The monoisotopic (exact) mass is 544 g/mol. The lowest BCUT2D eigenvalue weighted by molar-refractivity contribution is -0.143. The molecule has 0 aromatic rings. The van der Waals surface area contributed by atoms with Crippen LogP contribution in [0, 0.1) is 0 Å². The van der Waals surface area contributed by atoms with Crippen LogP contribution in [0.3, 0.4) is 0 Å². The highest BCUT2D eigenvalue weighted by Crippen LogP contribution is 1.87. The van der Waals surface area contributed by atoms with Gasteiger partial charge in [0.25, 0.3) is 0 Å². The SMILES string of the molecule is O=C(O)CCOCCOCCOCCOCCOCCOCCOCCOCCOCCOCC(=O)O. The van der Waals surface area contributed by atoms with Gasteiger partial charge in [0.1, 0.15) is 6.61 Å². The molecule has 0 aliphatic rings. The first-order valence-corrected chi connectivity index (χ1v) is 12.3. The Labute approximate surface area is 218 Å². The van der Waals surface area contributed by atoms with E-state index in [0.29, 0.717) is 112 Å².